The van der Waals surface area contributed by atoms with Gasteiger partial charge >= 0.3 is 0 Å². The van der Waals surface area contributed by atoms with Crippen molar-refractivity contribution in [3.05, 3.63) is 59.9 Å². The maximum atomic E-state index is 13.7. The molecule has 1 atom stereocenters. The summed E-state index contributed by atoms with van der Waals surface area (Å²) >= 11 is 1.13. The average molecular weight is 410 g/mol. The summed E-state index contributed by atoms with van der Waals surface area (Å²) in [7, 11) is 0. The second kappa shape index (κ2) is 7.79. The number of amides is 2. The van der Waals surface area contributed by atoms with E-state index < -0.39 is 11.9 Å². The van der Waals surface area contributed by atoms with E-state index in [1.54, 1.807) is 12.1 Å². The van der Waals surface area contributed by atoms with Gasteiger partial charge in [0.15, 0.2) is 5.17 Å². The van der Waals surface area contributed by atoms with Gasteiger partial charge in [-0.15, -0.1) is 0 Å². The van der Waals surface area contributed by atoms with Crippen LogP contribution in [0, 0.1) is 11.7 Å². The molecule has 2 aliphatic rings. The molecule has 29 heavy (non-hydrogen) atoms. The molecule has 0 saturated heterocycles. The Labute approximate surface area is 171 Å². The molecule has 4 rings (SSSR count). The SMILES string of the molecule is CC(C)[C@H]1N=C2c3ccccc3N=C(SCC(=O)Nc3ccccc3F)N2C1=O. The zero-order valence-electron chi connectivity index (χ0n) is 15.9. The van der Waals surface area contributed by atoms with Crippen LogP contribution in [0.4, 0.5) is 15.8 Å². The Hall–Kier alpha value is -3.00. The fraction of sp³-hybridized carbons (Fsp3) is 0.238. The van der Waals surface area contributed by atoms with Crippen LogP contribution in [0.2, 0.25) is 0 Å². The molecule has 0 aliphatic carbocycles. The van der Waals surface area contributed by atoms with Gasteiger partial charge < -0.3 is 5.32 Å². The summed E-state index contributed by atoms with van der Waals surface area (Å²) < 4.78 is 13.7. The number of anilines is 1. The Balaban J connectivity index is 1.56. The minimum Gasteiger partial charge on any atom is -0.323 e. The number of halogens is 1. The molecular weight excluding hydrogens is 391 g/mol. The number of nitrogens with zero attached hydrogens (tertiary/aromatic N) is 3. The molecular formula is C21H19FN4O2S. The predicted molar refractivity (Wildman–Crippen MR) is 113 cm³/mol. The average Bonchev–Trinajstić information content (AvgIpc) is 3.06. The van der Waals surface area contributed by atoms with E-state index in [0.29, 0.717) is 16.7 Å². The van der Waals surface area contributed by atoms with Crippen molar-refractivity contribution < 1.29 is 14.0 Å². The highest BCUT2D eigenvalue weighted by Crippen LogP contribution is 2.34. The number of fused-ring (bicyclic) bond motifs is 3. The molecule has 2 heterocycles. The van der Waals surface area contributed by atoms with Crippen molar-refractivity contribution in [2.45, 2.75) is 19.9 Å². The van der Waals surface area contributed by atoms with Crippen LogP contribution in [-0.2, 0) is 9.59 Å². The van der Waals surface area contributed by atoms with Gasteiger partial charge in [0.1, 0.15) is 17.7 Å². The molecule has 2 aliphatic heterocycles. The lowest BCUT2D eigenvalue weighted by Crippen LogP contribution is -2.42. The van der Waals surface area contributed by atoms with Crippen LogP contribution in [0.1, 0.15) is 19.4 Å². The first-order chi connectivity index (χ1) is 14.0. The maximum Gasteiger partial charge on any atom is 0.259 e. The summed E-state index contributed by atoms with van der Waals surface area (Å²) in [5, 5.41) is 2.95. The minimum atomic E-state index is -0.501. The van der Waals surface area contributed by atoms with Gasteiger partial charge in [-0.3, -0.25) is 14.6 Å². The first-order valence-corrected chi connectivity index (χ1v) is 10.2. The number of hydrogen-bond acceptors (Lipinski definition) is 5. The number of carbonyl (C=O) groups excluding carboxylic acids is 2. The highest BCUT2D eigenvalue weighted by molar-refractivity contribution is 8.14. The van der Waals surface area contributed by atoms with Gasteiger partial charge in [0.25, 0.3) is 5.91 Å². The molecule has 2 amide bonds. The molecule has 0 fully saturated rings. The quantitative estimate of drug-likeness (QED) is 0.833. The number of para-hydroxylation sites is 2. The van der Waals surface area contributed by atoms with Gasteiger partial charge in [0.05, 0.1) is 17.1 Å². The summed E-state index contributed by atoms with van der Waals surface area (Å²) in [5.74, 6) is -0.436. The van der Waals surface area contributed by atoms with Gasteiger partial charge in [-0.1, -0.05) is 49.9 Å². The van der Waals surface area contributed by atoms with E-state index in [0.717, 1.165) is 17.3 Å². The summed E-state index contributed by atoms with van der Waals surface area (Å²) in [6, 6.07) is 13.0. The van der Waals surface area contributed by atoms with Crippen molar-refractivity contribution in [1.29, 1.82) is 0 Å². The molecule has 0 saturated carbocycles. The molecule has 0 bridgehead atoms. The van der Waals surface area contributed by atoms with Gasteiger partial charge in [0, 0.05) is 5.56 Å². The van der Waals surface area contributed by atoms with E-state index in [-0.39, 0.29) is 29.2 Å². The van der Waals surface area contributed by atoms with Crippen LogP contribution in [0.3, 0.4) is 0 Å². The third-order valence-corrected chi connectivity index (χ3v) is 5.55. The minimum absolute atomic E-state index is 0.0151. The lowest BCUT2D eigenvalue weighted by atomic mass is 10.1. The number of aliphatic imine (C=N–C) groups is 2. The molecule has 2 aromatic carbocycles. The van der Waals surface area contributed by atoms with Crippen molar-refractivity contribution in [3.63, 3.8) is 0 Å². The summed E-state index contributed by atoms with van der Waals surface area (Å²) in [6.07, 6.45) is 0. The van der Waals surface area contributed by atoms with Crippen LogP contribution in [0.5, 0.6) is 0 Å². The predicted octanol–water partition coefficient (Wildman–Crippen LogP) is 3.81. The van der Waals surface area contributed by atoms with Crippen LogP contribution in [0.25, 0.3) is 0 Å². The van der Waals surface area contributed by atoms with E-state index in [1.807, 2.05) is 38.1 Å². The Kier molecular flexibility index (Phi) is 5.19. The van der Waals surface area contributed by atoms with Crippen molar-refractivity contribution >= 4 is 46.0 Å². The Bertz CT molecular complexity index is 1050. The van der Waals surface area contributed by atoms with Crippen LogP contribution >= 0.6 is 11.8 Å². The number of benzene rings is 2. The van der Waals surface area contributed by atoms with E-state index in [2.05, 4.69) is 15.3 Å². The number of amidine groups is 2. The van der Waals surface area contributed by atoms with E-state index in [9.17, 15) is 14.0 Å². The van der Waals surface area contributed by atoms with Gasteiger partial charge in [-0.05, 0) is 30.2 Å². The molecule has 148 valence electrons. The van der Waals surface area contributed by atoms with E-state index >= 15 is 0 Å². The topological polar surface area (TPSA) is 74.1 Å². The second-order valence-electron chi connectivity index (χ2n) is 7.04. The highest BCUT2D eigenvalue weighted by atomic mass is 32.2. The lowest BCUT2D eigenvalue weighted by molar-refractivity contribution is -0.125. The van der Waals surface area contributed by atoms with Gasteiger partial charge in [-0.2, -0.15) is 0 Å². The summed E-state index contributed by atoms with van der Waals surface area (Å²) in [6.45, 7) is 3.89. The zero-order valence-corrected chi connectivity index (χ0v) is 16.7. The third-order valence-electron chi connectivity index (χ3n) is 4.61. The smallest absolute Gasteiger partial charge is 0.259 e. The monoisotopic (exact) mass is 410 g/mol. The molecule has 1 N–H and O–H groups in total. The maximum absolute atomic E-state index is 13.7. The van der Waals surface area contributed by atoms with E-state index in [1.165, 1.54) is 17.0 Å². The molecule has 2 aromatic rings. The summed E-state index contributed by atoms with van der Waals surface area (Å²) in [4.78, 5) is 36.0. The first-order valence-electron chi connectivity index (χ1n) is 9.22. The molecule has 8 heteroatoms. The zero-order chi connectivity index (χ0) is 20.5. The summed E-state index contributed by atoms with van der Waals surface area (Å²) in [5.41, 5.74) is 1.62. The largest absolute Gasteiger partial charge is 0.323 e. The van der Waals surface area contributed by atoms with E-state index in [4.69, 9.17) is 0 Å². The fourth-order valence-electron chi connectivity index (χ4n) is 3.18. The van der Waals surface area contributed by atoms with Crippen LogP contribution in [-0.4, -0.2) is 39.5 Å². The second-order valence-corrected chi connectivity index (χ2v) is 7.99. The van der Waals surface area contributed by atoms with Gasteiger partial charge in [0.2, 0.25) is 5.91 Å². The standard InChI is InChI=1S/C21H19FN4O2S/c1-12(2)18-20(28)26-19(25-18)13-7-3-5-9-15(13)24-21(26)29-11-17(27)23-16-10-6-4-8-14(16)22/h3-10,12,18H,11H2,1-2H3,(H,23,27)/t18-/m1/s1. The normalized spacial score (nSPS) is 17.6. The fourth-order valence-corrected chi connectivity index (χ4v) is 3.98. The number of hydrogen-bond donors (Lipinski definition) is 1. The van der Waals surface area contributed by atoms with Gasteiger partial charge in [-0.25, -0.2) is 14.3 Å². The molecule has 0 unspecified atom stereocenters. The van der Waals surface area contributed by atoms with Crippen molar-refractivity contribution in [1.82, 2.24) is 4.90 Å². The van der Waals surface area contributed by atoms with Crippen molar-refractivity contribution in [2.24, 2.45) is 15.9 Å². The first kappa shape index (κ1) is 19.3. The van der Waals surface area contributed by atoms with Crippen LogP contribution < -0.4 is 5.32 Å². The molecule has 6 nitrogen and oxygen atoms in total. The Morgan fingerprint density at radius 3 is 2.69 bits per heavy atom. The van der Waals surface area contributed by atoms with Crippen molar-refractivity contribution in [3.8, 4) is 0 Å². The molecule has 0 spiro atoms. The highest BCUT2D eigenvalue weighted by Gasteiger charge is 2.42. The number of thioether (sulfide) groups is 1. The lowest BCUT2D eigenvalue weighted by Gasteiger charge is -2.25. The van der Waals surface area contributed by atoms with Crippen LogP contribution in [0.15, 0.2) is 58.5 Å². The Morgan fingerprint density at radius 2 is 1.93 bits per heavy atom. The van der Waals surface area contributed by atoms with Crippen molar-refractivity contribution in [2.75, 3.05) is 11.1 Å². The third kappa shape index (κ3) is 3.67. The number of nitrogens with one attached hydrogen (secondary N) is 1. The Morgan fingerprint density at radius 1 is 1.21 bits per heavy atom. The number of carbonyl (C=O) groups is 2. The molecule has 0 aromatic heterocycles. The molecule has 0 radical (unpaired) electrons. The number of rotatable bonds is 4.